The molecule has 3 atom stereocenters. The number of H-pyrrole nitrogens is 1. The van der Waals surface area contributed by atoms with Crippen LogP contribution in [-0.2, 0) is 20.2 Å². The fourth-order valence-corrected chi connectivity index (χ4v) is 5.79. The highest BCUT2D eigenvalue weighted by molar-refractivity contribution is 7.90. The molecule has 200 valence electrons. The maximum atomic E-state index is 12.4. The van der Waals surface area contributed by atoms with Crippen LogP contribution in [0, 0.1) is 5.92 Å². The Hall–Kier alpha value is -3.50. The Morgan fingerprint density at radius 3 is 2.55 bits per heavy atom. The van der Waals surface area contributed by atoms with Crippen LogP contribution in [0.4, 0.5) is 0 Å². The van der Waals surface area contributed by atoms with E-state index >= 15 is 0 Å². The average Bonchev–Trinajstić information content (AvgIpc) is 3.50. The molecule has 3 aromatic heterocycles. The summed E-state index contributed by atoms with van der Waals surface area (Å²) in [7, 11) is -3.42. The van der Waals surface area contributed by atoms with Gasteiger partial charge in [-0.3, -0.25) is 9.78 Å². The summed E-state index contributed by atoms with van der Waals surface area (Å²) < 4.78 is 30.0. The van der Waals surface area contributed by atoms with Gasteiger partial charge >= 0.3 is 0 Å². The summed E-state index contributed by atoms with van der Waals surface area (Å²) in [6.45, 7) is 5.75. The van der Waals surface area contributed by atoms with E-state index in [2.05, 4.69) is 21.0 Å². The number of sulfone groups is 1. The molecule has 3 aromatic rings. The van der Waals surface area contributed by atoms with Gasteiger partial charge in [-0.2, -0.15) is 0 Å². The van der Waals surface area contributed by atoms with Crippen LogP contribution in [0.2, 0.25) is 0 Å². The number of amides is 1. The molecule has 38 heavy (non-hydrogen) atoms. The molecule has 9 nitrogen and oxygen atoms in total. The third-order valence-electron chi connectivity index (χ3n) is 7.22. The zero-order chi connectivity index (χ0) is 27.2. The molecular weight excluding hydrogens is 504 g/mol. The van der Waals surface area contributed by atoms with Crippen molar-refractivity contribution in [3.63, 3.8) is 0 Å². The number of likely N-dealkylation sites (tertiary alicyclic amines) is 1. The monoisotopic (exact) mass is 536 g/mol. The Morgan fingerprint density at radius 2 is 1.95 bits per heavy atom. The van der Waals surface area contributed by atoms with Gasteiger partial charge in [-0.15, -0.1) is 0 Å². The van der Waals surface area contributed by atoms with Crippen LogP contribution < -0.4 is 15.3 Å². The van der Waals surface area contributed by atoms with Gasteiger partial charge in [0, 0.05) is 48.8 Å². The number of aromatic nitrogens is 3. The van der Waals surface area contributed by atoms with Gasteiger partial charge in [0.2, 0.25) is 5.91 Å². The highest BCUT2D eigenvalue weighted by atomic mass is 32.2. The number of hydrogen-bond acceptors (Lipinski definition) is 7. The molecule has 0 aromatic carbocycles. The van der Waals surface area contributed by atoms with Gasteiger partial charge in [0.05, 0.1) is 23.2 Å². The summed E-state index contributed by atoms with van der Waals surface area (Å²) in [4.78, 5) is 26.4. The number of aliphatic hydroxyl groups is 1. The highest BCUT2D eigenvalue weighted by Crippen LogP contribution is 2.31. The summed E-state index contributed by atoms with van der Waals surface area (Å²) in [5.74, 6) is 0.362. The first-order valence-corrected chi connectivity index (χ1v) is 14.5. The second-order valence-electron chi connectivity index (χ2n) is 10.6. The summed E-state index contributed by atoms with van der Waals surface area (Å²) in [6, 6.07) is 8.76. The van der Waals surface area contributed by atoms with Gasteiger partial charge in [0.15, 0.2) is 14.9 Å². The number of nitrogens with zero attached hydrogens (tertiary/aromatic N) is 3. The number of nitrogens with one attached hydrogen (secondary N) is 1. The molecule has 5 rings (SSSR count). The van der Waals surface area contributed by atoms with Gasteiger partial charge in [-0.1, -0.05) is 12.1 Å². The fraction of sp³-hybridized carbons (Fsp3) is 0.393. The Bertz CT molecular complexity index is 1570. The first-order valence-electron chi connectivity index (χ1n) is 12.6. The number of pyridine rings is 2. The third-order valence-corrected chi connectivity index (χ3v) is 8.22. The smallest absolute Gasteiger partial charge is 0.219 e. The molecule has 2 unspecified atom stereocenters. The Labute approximate surface area is 221 Å². The summed E-state index contributed by atoms with van der Waals surface area (Å²) in [5, 5.41) is 12.1. The molecule has 1 aliphatic carbocycles. The van der Waals surface area contributed by atoms with Gasteiger partial charge in [0.1, 0.15) is 11.9 Å². The van der Waals surface area contributed by atoms with E-state index in [1.807, 2.05) is 29.2 Å². The first kappa shape index (κ1) is 26.1. The molecule has 0 spiro atoms. The molecule has 1 amide bonds. The number of aromatic amines is 1. The normalized spacial score (nSPS) is 21.4. The van der Waals surface area contributed by atoms with Crippen LogP contribution in [0.15, 0.2) is 47.8 Å². The predicted molar refractivity (Wildman–Crippen MR) is 143 cm³/mol. The molecule has 4 heterocycles. The fourth-order valence-electron chi connectivity index (χ4n) is 5.23. The number of hydrogen-bond donors (Lipinski definition) is 2. The van der Waals surface area contributed by atoms with E-state index < -0.39 is 21.5 Å². The Balaban J connectivity index is 1.52. The van der Waals surface area contributed by atoms with E-state index in [0.717, 1.165) is 46.6 Å². The van der Waals surface area contributed by atoms with Crippen LogP contribution in [-0.4, -0.2) is 64.2 Å². The second-order valence-corrected chi connectivity index (χ2v) is 12.5. The SMILES string of the molecule is CC(=O)N1CCC[C@@H]1C1C=c2[nH]c(-c3ccc(C(C)(C)O)cn3)cc2=CC1Oc1ccc(S(C)(=O)=O)nc1. The molecule has 2 aliphatic rings. The average molecular weight is 537 g/mol. The van der Waals surface area contributed by atoms with Gasteiger partial charge in [0.25, 0.3) is 0 Å². The number of carbonyl (C=O) groups is 1. The van der Waals surface area contributed by atoms with Gasteiger partial charge < -0.3 is 19.7 Å². The summed E-state index contributed by atoms with van der Waals surface area (Å²) in [5.41, 5.74) is 1.33. The van der Waals surface area contributed by atoms with Gasteiger partial charge in [-0.05, 0) is 62.2 Å². The minimum absolute atomic E-state index is 0.0141. The lowest BCUT2D eigenvalue weighted by atomic mass is 9.88. The third kappa shape index (κ3) is 5.23. The van der Waals surface area contributed by atoms with E-state index in [-0.39, 0.29) is 22.9 Å². The molecular formula is C28H32N4O5S. The van der Waals surface area contributed by atoms with Crippen LogP contribution in [0.5, 0.6) is 5.75 Å². The zero-order valence-corrected chi connectivity index (χ0v) is 22.7. The van der Waals surface area contributed by atoms with E-state index in [0.29, 0.717) is 12.3 Å². The second kappa shape index (κ2) is 9.67. The van der Waals surface area contributed by atoms with Crippen LogP contribution in [0.1, 0.15) is 39.2 Å². The lowest BCUT2D eigenvalue weighted by Gasteiger charge is -2.34. The van der Waals surface area contributed by atoms with Crippen molar-refractivity contribution in [2.24, 2.45) is 5.92 Å². The first-order chi connectivity index (χ1) is 17.9. The maximum Gasteiger partial charge on any atom is 0.219 e. The van der Waals surface area contributed by atoms with E-state index in [4.69, 9.17) is 4.74 Å². The molecule has 0 saturated carbocycles. The number of carbonyl (C=O) groups excluding carboxylic acids is 1. The van der Waals surface area contributed by atoms with E-state index in [1.165, 1.54) is 12.3 Å². The molecule has 1 aliphatic heterocycles. The van der Waals surface area contributed by atoms with Crippen molar-refractivity contribution in [3.8, 4) is 17.1 Å². The lowest BCUT2D eigenvalue weighted by molar-refractivity contribution is -0.130. The predicted octanol–water partition coefficient (Wildman–Crippen LogP) is 1.75. The summed E-state index contributed by atoms with van der Waals surface area (Å²) >= 11 is 0. The zero-order valence-electron chi connectivity index (χ0n) is 21.9. The number of ether oxygens (including phenoxy) is 1. The maximum absolute atomic E-state index is 12.4. The van der Waals surface area contributed by atoms with Crippen LogP contribution >= 0.6 is 0 Å². The molecule has 0 radical (unpaired) electrons. The Kier molecular flexibility index (Phi) is 6.65. The van der Waals surface area contributed by atoms with E-state index in [1.54, 1.807) is 33.0 Å². The van der Waals surface area contributed by atoms with Crippen LogP contribution in [0.25, 0.3) is 23.5 Å². The van der Waals surface area contributed by atoms with Crippen molar-refractivity contribution in [1.82, 2.24) is 19.9 Å². The standard InChI is InChI=1S/C28H32N4O5S/c1-17(33)32-11-5-6-25(32)21-14-23-18(12-24(31-23)22-9-7-19(15-29-22)28(2,3)34)13-26(21)37-20-8-10-27(30-16-20)38(4,35)36/h7-10,12-16,21,25-26,31,34H,5-6,11H2,1-4H3/t21?,25-,26?/m1/s1. The van der Waals surface area contributed by atoms with Crippen molar-refractivity contribution in [1.29, 1.82) is 0 Å². The van der Waals surface area contributed by atoms with Gasteiger partial charge in [-0.25, -0.2) is 13.4 Å². The molecule has 10 heteroatoms. The molecule has 1 saturated heterocycles. The Morgan fingerprint density at radius 1 is 1.16 bits per heavy atom. The van der Waals surface area contributed by atoms with Crippen molar-refractivity contribution in [3.05, 3.63) is 58.9 Å². The number of fused-ring (bicyclic) bond motifs is 1. The molecule has 0 bridgehead atoms. The molecule has 2 N–H and O–H groups in total. The highest BCUT2D eigenvalue weighted by Gasteiger charge is 2.38. The quantitative estimate of drug-likeness (QED) is 0.492. The topological polar surface area (TPSA) is 125 Å². The minimum Gasteiger partial charge on any atom is -0.484 e. The van der Waals surface area contributed by atoms with Crippen molar-refractivity contribution in [2.75, 3.05) is 12.8 Å². The largest absolute Gasteiger partial charge is 0.484 e. The number of rotatable bonds is 6. The van der Waals surface area contributed by atoms with Crippen molar-refractivity contribution >= 4 is 27.9 Å². The van der Waals surface area contributed by atoms with Crippen LogP contribution in [0.3, 0.4) is 0 Å². The molecule has 1 fully saturated rings. The van der Waals surface area contributed by atoms with Crippen molar-refractivity contribution in [2.45, 2.75) is 56.4 Å². The minimum atomic E-state index is -3.42. The summed E-state index contributed by atoms with van der Waals surface area (Å²) in [6.07, 6.45) is 9.76. The lowest BCUT2D eigenvalue weighted by Crippen LogP contribution is -2.47. The van der Waals surface area contributed by atoms with Crippen molar-refractivity contribution < 1.29 is 23.1 Å². The van der Waals surface area contributed by atoms with E-state index in [9.17, 15) is 18.3 Å².